The number of fused-ring (bicyclic) bond motifs is 1. The van der Waals surface area contributed by atoms with Gasteiger partial charge in [-0.1, -0.05) is 6.07 Å². The van der Waals surface area contributed by atoms with Crippen LogP contribution in [0.3, 0.4) is 0 Å². The number of urea groups is 1. The van der Waals surface area contributed by atoms with E-state index in [0.717, 1.165) is 17.1 Å². The summed E-state index contributed by atoms with van der Waals surface area (Å²) in [7, 11) is 0. The lowest BCUT2D eigenvalue weighted by Crippen LogP contribution is -2.44. The van der Waals surface area contributed by atoms with Crippen LogP contribution in [-0.4, -0.2) is 43.1 Å². The highest BCUT2D eigenvalue weighted by atomic mass is 16.6. The van der Waals surface area contributed by atoms with Gasteiger partial charge < -0.3 is 25.4 Å². The molecule has 2 aliphatic heterocycles. The van der Waals surface area contributed by atoms with Crippen molar-refractivity contribution >= 4 is 11.9 Å². The van der Waals surface area contributed by atoms with Gasteiger partial charge in [0.1, 0.15) is 13.2 Å². The lowest BCUT2D eigenvalue weighted by molar-refractivity contribution is -0.126. The van der Waals surface area contributed by atoms with E-state index in [1.54, 1.807) is 4.90 Å². The maximum atomic E-state index is 12.2. The standard InChI is InChI=1S/C16H21N3O4/c17-16(21)19-5-3-12(4-6-19)15(20)18-10-11-1-2-13-14(9-11)23-8-7-22-13/h1-2,9,12H,3-8,10H2,(H2,17,21)(H,18,20). The van der Waals surface area contributed by atoms with Crippen molar-refractivity contribution in [1.82, 2.24) is 10.2 Å². The number of carbonyl (C=O) groups excluding carboxylic acids is 2. The summed E-state index contributed by atoms with van der Waals surface area (Å²) in [5, 5.41) is 2.95. The molecule has 1 aromatic carbocycles. The molecule has 7 heteroatoms. The highest BCUT2D eigenvalue weighted by Crippen LogP contribution is 2.30. The lowest BCUT2D eigenvalue weighted by atomic mass is 9.96. The van der Waals surface area contributed by atoms with Gasteiger partial charge in [0.25, 0.3) is 0 Å². The molecule has 2 heterocycles. The van der Waals surface area contributed by atoms with E-state index in [9.17, 15) is 9.59 Å². The number of nitrogens with zero attached hydrogens (tertiary/aromatic N) is 1. The van der Waals surface area contributed by atoms with Crippen LogP contribution in [0, 0.1) is 5.92 Å². The molecule has 7 nitrogen and oxygen atoms in total. The zero-order valence-corrected chi connectivity index (χ0v) is 12.9. The topological polar surface area (TPSA) is 93.9 Å². The number of hydrogen-bond acceptors (Lipinski definition) is 4. The van der Waals surface area contributed by atoms with Crippen LogP contribution in [0.2, 0.25) is 0 Å². The number of hydrogen-bond donors (Lipinski definition) is 2. The lowest BCUT2D eigenvalue weighted by Gasteiger charge is -2.30. The third-order valence-corrected chi connectivity index (χ3v) is 4.25. The summed E-state index contributed by atoms with van der Waals surface area (Å²) >= 11 is 0. The van der Waals surface area contributed by atoms with Gasteiger partial charge in [0.2, 0.25) is 5.91 Å². The highest BCUT2D eigenvalue weighted by Gasteiger charge is 2.26. The first kappa shape index (κ1) is 15.5. The molecule has 1 saturated heterocycles. The quantitative estimate of drug-likeness (QED) is 0.864. The van der Waals surface area contributed by atoms with Crippen molar-refractivity contribution in [3.8, 4) is 11.5 Å². The largest absolute Gasteiger partial charge is 0.486 e. The van der Waals surface area contributed by atoms with Gasteiger partial charge in [0.15, 0.2) is 11.5 Å². The number of ether oxygens (including phenoxy) is 2. The molecule has 0 radical (unpaired) electrons. The van der Waals surface area contributed by atoms with Crippen LogP contribution in [0.1, 0.15) is 18.4 Å². The predicted molar refractivity (Wildman–Crippen MR) is 83.2 cm³/mol. The summed E-state index contributed by atoms with van der Waals surface area (Å²) in [6, 6.07) is 5.26. The van der Waals surface area contributed by atoms with E-state index in [4.69, 9.17) is 15.2 Å². The van der Waals surface area contributed by atoms with Gasteiger partial charge in [0.05, 0.1) is 0 Å². The average Bonchev–Trinajstić information content (AvgIpc) is 2.59. The molecule has 3 amide bonds. The van der Waals surface area contributed by atoms with Gasteiger partial charge in [-0.05, 0) is 30.5 Å². The number of nitrogens with one attached hydrogen (secondary N) is 1. The fourth-order valence-electron chi connectivity index (χ4n) is 2.89. The molecule has 0 bridgehead atoms. The Morgan fingerprint density at radius 3 is 2.57 bits per heavy atom. The van der Waals surface area contributed by atoms with Crippen LogP contribution in [0.25, 0.3) is 0 Å². The molecular formula is C16H21N3O4. The van der Waals surface area contributed by atoms with Gasteiger partial charge in [-0.15, -0.1) is 0 Å². The molecule has 0 atom stereocenters. The number of likely N-dealkylation sites (tertiary alicyclic amines) is 1. The van der Waals surface area contributed by atoms with Gasteiger partial charge in [-0.3, -0.25) is 4.79 Å². The van der Waals surface area contributed by atoms with Crippen LogP contribution in [-0.2, 0) is 11.3 Å². The second-order valence-corrected chi connectivity index (χ2v) is 5.80. The molecule has 0 aliphatic carbocycles. The summed E-state index contributed by atoms with van der Waals surface area (Å²) in [4.78, 5) is 24.9. The molecule has 0 spiro atoms. The molecule has 2 aliphatic rings. The minimum Gasteiger partial charge on any atom is -0.486 e. The minimum atomic E-state index is -0.417. The van der Waals surface area contributed by atoms with Crippen LogP contribution < -0.4 is 20.5 Å². The molecule has 124 valence electrons. The predicted octanol–water partition coefficient (Wildman–Crippen LogP) is 0.865. The molecule has 3 N–H and O–H groups in total. The van der Waals surface area contributed by atoms with E-state index < -0.39 is 6.03 Å². The minimum absolute atomic E-state index is 0.0176. The van der Waals surface area contributed by atoms with Crippen molar-refractivity contribution < 1.29 is 19.1 Å². The highest BCUT2D eigenvalue weighted by molar-refractivity contribution is 5.79. The number of rotatable bonds is 3. The van der Waals surface area contributed by atoms with Gasteiger partial charge in [0, 0.05) is 25.6 Å². The zero-order chi connectivity index (χ0) is 16.2. The van der Waals surface area contributed by atoms with E-state index in [1.807, 2.05) is 18.2 Å². The van der Waals surface area contributed by atoms with Crippen molar-refractivity contribution in [2.45, 2.75) is 19.4 Å². The smallest absolute Gasteiger partial charge is 0.314 e. The number of primary amides is 1. The summed E-state index contributed by atoms with van der Waals surface area (Å²) < 4.78 is 11.0. The van der Waals surface area contributed by atoms with Crippen molar-refractivity contribution in [3.05, 3.63) is 23.8 Å². The van der Waals surface area contributed by atoms with Crippen molar-refractivity contribution in [1.29, 1.82) is 0 Å². The first-order chi connectivity index (χ1) is 11.1. The number of carbonyl (C=O) groups is 2. The van der Waals surface area contributed by atoms with E-state index in [1.165, 1.54) is 0 Å². The molecule has 3 rings (SSSR count). The number of benzene rings is 1. The Morgan fingerprint density at radius 1 is 1.17 bits per heavy atom. The number of nitrogens with two attached hydrogens (primary N) is 1. The molecule has 1 fully saturated rings. The molecule has 0 aromatic heterocycles. The number of amides is 3. The molecule has 1 aromatic rings. The zero-order valence-electron chi connectivity index (χ0n) is 12.9. The maximum Gasteiger partial charge on any atom is 0.314 e. The van der Waals surface area contributed by atoms with Crippen LogP contribution in [0.4, 0.5) is 4.79 Å². The Morgan fingerprint density at radius 2 is 1.87 bits per heavy atom. The van der Waals surface area contributed by atoms with E-state index in [2.05, 4.69) is 5.32 Å². The molecule has 0 unspecified atom stereocenters. The fraction of sp³-hybridized carbons (Fsp3) is 0.500. The van der Waals surface area contributed by atoms with E-state index in [-0.39, 0.29) is 11.8 Å². The van der Waals surface area contributed by atoms with Crippen molar-refractivity contribution in [2.24, 2.45) is 11.7 Å². The molecule has 23 heavy (non-hydrogen) atoms. The van der Waals surface area contributed by atoms with Crippen molar-refractivity contribution in [2.75, 3.05) is 26.3 Å². The SMILES string of the molecule is NC(=O)N1CCC(C(=O)NCc2ccc3c(c2)OCCO3)CC1. The monoisotopic (exact) mass is 319 g/mol. The van der Waals surface area contributed by atoms with Crippen LogP contribution in [0.5, 0.6) is 11.5 Å². The second kappa shape index (κ2) is 6.76. The van der Waals surface area contributed by atoms with Gasteiger partial charge >= 0.3 is 6.03 Å². The first-order valence-electron chi connectivity index (χ1n) is 7.84. The molecular weight excluding hydrogens is 298 g/mol. The van der Waals surface area contributed by atoms with E-state index in [0.29, 0.717) is 45.7 Å². The van der Waals surface area contributed by atoms with Crippen LogP contribution >= 0.6 is 0 Å². The fourth-order valence-corrected chi connectivity index (χ4v) is 2.89. The summed E-state index contributed by atoms with van der Waals surface area (Å²) in [5.74, 6) is 1.41. The average molecular weight is 319 g/mol. The third-order valence-electron chi connectivity index (χ3n) is 4.25. The summed E-state index contributed by atoms with van der Waals surface area (Å²) in [6.07, 6.45) is 1.30. The summed E-state index contributed by atoms with van der Waals surface area (Å²) in [5.41, 5.74) is 6.21. The Labute approximate surface area is 134 Å². The maximum absolute atomic E-state index is 12.2. The first-order valence-corrected chi connectivity index (χ1v) is 7.84. The Kier molecular flexibility index (Phi) is 4.55. The number of piperidine rings is 1. The van der Waals surface area contributed by atoms with E-state index >= 15 is 0 Å². The van der Waals surface area contributed by atoms with Gasteiger partial charge in [-0.25, -0.2) is 4.79 Å². The van der Waals surface area contributed by atoms with Gasteiger partial charge in [-0.2, -0.15) is 0 Å². The van der Waals surface area contributed by atoms with Crippen LogP contribution in [0.15, 0.2) is 18.2 Å². The Hall–Kier alpha value is -2.44. The second-order valence-electron chi connectivity index (χ2n) is 5.80. The Balaban J connectivity index is 1.50. The third kappa shape index (κ3) is 3.67. The molecule has 0 saturated carbocycles. The Bertz CT molecular complexity index is 597. The van der Waals surface area contributed by atoms with Crippen molar-refractivity contribution in [3.63, 3.8) is 0 Å². The normalized spacial score (nSPS) is 17.7. The summed E-state index contributed by atoms with van der Waals surface area (Å²) in [6.45, 7) is 2.63.